The Kier molecular flexibility index (Phi) is 2.84. The molecule has 0 fully saturated rings. The van der Waals surface area contributed by atoms with Gasteiger partial charge in [-0.05, 0) is 6.92 Å². The Bertz CT molecular complexity index is 815. The lowest BCUT2D eigenvalue weighted by Crippen LogP contribution is -1.99. The lowest BCUT2D eigenvalue weighted by molar-refractivity contribution is 0.476. The van der Waals surface area contributed by atoms with Crippen LogP contribution in [0.4, 0.5) is 0 Å². The van der Waals surface area contributed by atoms with Crippen molar-refractivity contribution < 1.29 is 5.11 Å². The van der Waals surface area contributed by atoms with Crippen LogP contribution in [-0.2, 0) is 6.54 Å². The minimum atomic E-state index is -0.0519. The van der Waals surface area contributed by atoms with Crippen LogP contribution >= 0.6 is 0 Å². The van der Waals surface area contributed by atoms with Crippen LogP contribution in [0, 0.1) is 11.3 Å². The van der Waals surface area contributed by atoms with Gasteiger partial charge in [-0.15, -0.1) is 0 Å². The number of hydrogen-bond acceptors (Lipinski definition) is 4. The van der Waals surface area contributed by atoms with Crippen molar-refractivity contribution in [3.63, 3.8) is 0 Å². The van der Waals surface area contributed by atoms with E-state index >= 15 is 0 Å². The molecule has 0 aliphatic rings. The first-order valence-electron chi connectivity index (χ1n) is 6.30. The molecule has 0 unspecified atom stereocenters. The fraction of sp³-hybridized carbons (Fsp3) is 0.133. The zero-order valence-corrected chi connectivity index (χ0v) is 10.9. The molecule has 1 aromatic carbocycles. The fourth-order valence-corrected chi connectivity index (χ4v) is 2.25. The molecule has 20 heavy (non-hydrogen) atoms. The molecule has 5 nitrogen and oxygen atoms in total. The molecule has 2 heterocycles. The molecule has 3 aromatic rings. The second-order valence-electron chi connectivity index (χ2n) is 4.35. The molecule has 0 bridgehead atoms. The molecular weight excluding hydrogens is 252 g/mol. The largest absolute Gasteiger partial charge is 0.504 e. The van der Waals surface area contributed by atoms with E-state index in [2.05, 4.69) is 9.97 Å². The number of nitrogens with zero attached hydrogens (tertiary/aromatic N) is 4. The smallest absolute Gasteiger partial charge is 0.164 e. The summed E-state index contributed by atoms with van der Waals surface area (Å²) in [5.74, 6) is 0.527. The van der Waals surface area contributed by atoms with Crippen molar-refractivity contribution in [3.05, 3.63) is 42.2 Å². The van der Waals surface area contributed by atoms with Gasteiger partial charge in [0.15, 0.2) is 17.3 Å². The Morgan fingerprint density at radius 3 is 2.70 bits per heavy atom. The zero-order valence-electron chi connectivity index (χ0n) is 10.9. The topological polar surface area (TPSA) is 74.7 Å². The van der Waals surface area contributed by atoms with Crippen LogP contribution in [0.1, 0.15) is 12.6 Å². The first-order valence-corrected chi connectivity index (χ1v) is 6.30. The molecule has 5 heteroatoms. The van der Waals surface area contributed by atoms with Crippen LogP contribution < -0.4 is 0 Å². The Balaban J connectivity index is 2.29. The lowest BCUT2D eigenvalue weighted by Gasteiger charge is -2.03. The number of aromatic nitrogens is 3. The molecule has 1 N–H and O–H groups in total. The number of hydrogen-bond donors (Lipinski definition) is 1. The maximum atomic E-state index is 10.0. The lowest BCUT2D eigenvalue weighted by atomic mass is 10.2. The van der Waals surface area contributed by atoms with Crippen molar-refractivity contribution in [3.8, 4) is 23.2 Å². The van der Waals surface area contributed by atoms with Crippen molar-refractivity contribution in [2.24, 2.45) is 0 Å². The van der Waals surface area contributed by atoms with Gasteiger partial charge >= 0.3 is 0 Å². The molecule has 3 rings (SSSR count). The summed E-state index contributed by atoms with van der Waals surface area (Å²) in [5.41, 5.74) is 1.70. The number of aryl methyl sites for hydroxylation is 1. The maximum Gasteiger partial charge on any atom is 0.164 e. The highest BCUT2D eigenvalue weighted by Gasteiger charge is 2.17. The summed E-state index contributed by atoms with van der Waals surface area (Å²) in [7, 11) is 0. The van der Waals surface area contributed by atoms with E-state index in [0.717, 1.165) is 5.56 Å². The van der Waals surface area contributed by atoms with Gasteiger partial charge in [0.2, 0.25) is 0 Å². The molecule has 0 radical (unpaired) electrons. The van der Waals surface area contributed by atoms with Gasteiger partial charge in [0.1, 0.15) is 11.7 Å². The normalized spacial score (nSPS) is 10.6. The van der Waals surface area contributed by atoms with Crippen LogP contribution in [-0.4, -0.2) is 19.6 Å². The van der Waals surface area contributed by atoms with Crippen LogP contribution in [0.25, 0.3) is 22.4 Å². The SMILES string of the molecule is CCn1c(C#N)c(O)c2cnc(-c3ccccc3)nc21. The summed E-state index contributed by atoms with van der Waals surface area (Å²) in [6.45, 7) is 2.47. The van der Waals surface area contributed by atoms with Gasteiger partial charge in [-0.25, -0.2) is 9.97 Å². The number of nitriles is 1. The molecule has 0 saturated heterocycles. The molecule has 2 aromatic heterocycles. The number of rotatable bonds is 2. The van der Waals surface area contributed by atoms with E-state index in [4.69, 9.17) is 5.26 Å². The molecule has 0 aliphatic heterocycles. The molecule has 98 valence electrons. The highest BCUT2D eigenvalue weighted by atomic mass is 16.3. The first-order chi connectivity index (χ1) is 9.76. The van der Waals surface area contributed by atoms with Crippen LogP contribution in [0.15, 0.2) is 36.5 Å². The molecule has 0 saturated carbocycles. The van der Waals surface area contributed by atoms with Gasteiger partial charge in [0.25, 0.3) is 0 Å². The van der Waals surface area contributed by atoms with Crippen molar-refractivity contribution in [2.45, 2.75) is 13.5 Å². The molecule has 0 amide bonds. The van der Waals surface area contributed by atoms with E-state index in [1.807, 2.05) is 43.3 Å². The second-order valence-corrected chi connectivity index (χ2v) is 4.35. The predicted molar refractivity (Wildman–Crippen MR) is 75.0 cm³/mol. The van der Waals surface area contributed by atoms with Gasteiger partial charge in [0, 0.05) is 18.3 Å². The minimum Gasteiger partial charge on any atom is -0.504 e. The van der Waals surface area contributed by atoms with Gasteiger partial charge in [0.05, 0.1) is 5.39 Å². The third-order valence-corrected chi connectivity index (χ3v) is 3.23. The van der Waals surface area contributed by atoms with Crippen LogP contribution in [0.5, 0.6) is 5.75 Å². The van der Waals surface area contributed by atoms with Crippen molar-refractivity contribution in [1.29, 1.82) is 5.26 Å². The summed E-state index contributed by atoms with van der Waals surface area (Å²) in [6.07, 6.45) is 1.56. The van der Waals surface area contributed by atoms with Crippen molar-refractivity contribution in [1.82, 2.24) is 14.5 Å². The van der Waals surface area contributed by atoms with Gasteiger partial charge in [-0.2, -0.15) is 5.26 Å². The van der Waals surface area contributed by atoms with Crippen LogP contribution in [0.2, 0.25) is 0 Å². The maximum absolute atomic E-state index is 10.0. The van der Waals surface area contributed by atoms with E-state index in [0.29, 0.717) is 23.4 Å². The highest BCUT2D eigenvalue weighted by molar-refractivity contribution is 5.87. The quantitative estimate of drug-likeness (QED) is 0.772. The predicted octanol–water partition coefficient (Wildman–Crippen LogP) is 2.70. The van der Waals surface area contributed by atoms with E-state index in [1.54, 1.807) is 10.8 Å². The summed E-state index contributed by atoms with van der Waals surface area (Å²) >= 11 is 0. The summed E-state index contributed by atoms with van der Waals surface area (Å²) in [6, 6.07) is 11.6. The summed E-state index contributed by atoms with van der Waals surface area (Å²) in [4.78, 5) is 8.75. The zero-order chi connectivity index (χ0) is 14.1. The average Bonchev–Trinajstić information content (AvgIpc) is 2.79. The summed E-state index contributed by atoms with van der Waals surface area (Å²) in [5, 5.41) is 19.7. The van der Waals surface area contributed by atoms with Gasteiger partial charge in [-0.1, -0.05) is 30.3 Å². The van der Waals surface area contributed by atoms with Gasteiger partial charge in [-0.3, -0.25) is 0 Å². The number of aromatic hydroxyl groups is 1. The number of fused-ring (bicyclic) bond motifs is 1. The van der Waals surface area contributed by atoms with E-state index < -0.39 is 0 Å². The van der Waals surface area contributed by atoms with Crippen molar-refractivity contribution >= 4 is 11.0 Å². The molecule has 0 aliphatic carbocycles. The standard InChI is InChI=1S/C15H12N4O/c1-2-19-12(8-16)13(20)11-9-17-14(18-15(11)19)10-6-4-3-5-7-10/h3-7,9,20H,2H2,1H3. The van der Waals surface area contributed by atoms with Crippen LogP contribution in [0.3, 0.4) is 0 Å². The minimum absolute atomic E-state index is 0.0519. The Morgan fingerprint density at radius 2 is 2.05 bits per heavy atom. The third kappa shape index (κ3) is 1.70. The monoisotopic (exact) mass is 264 g/mol. The highest BCUT2D eigenvalue weighted by Crippen LogP contribution is 2.31. The van der Waals surface area contributed by atoms with Gasteiger partial charge < -0.3 is 9.67 Å². The number of benzene rings is 1. The van der Waals surface area contributed by atoms with Crippen molar-refractivity contribution in [2.75, 3.05) is 0 Å². The van der Waals surface area contributed by atoms with E-state index in [9.17, 15) is 5.11 Å². The summed E-state index contributed by atoms with van der Waals surface area (Å²) < 4.78 is 1.69. The average molecular weight is 264 g/mol. The Labute approximate surface area is 115 Å². The Morgan fingerprint density at radius 1 is 1.30 bits per heavy atom. The fourth-order valence-electron chi connectivity index (χ4n) is 2.25. The van der Waals surface area contributed by atoms with E-state index in [-0.39, 0.29) is 11.4 Å². The molecule has 0 atom stereocenters. The van der Waals surface area contributed by atoms with E-state index in [1.165, 1.54) is 0 Å². The Hall–Kier alpha value is -2.87. The second kappa shape index (κ2) is 4.67. The molecule has 0 spiro atoms. The third-order valence-electron chi connectivity index (χ3n) is 3.23. The first kappa shape index (κ1) is 12.2. The molecular formula is C15H12N4O.